The Bertz CT molecular complexity index is 1690. The topological polar surface area (TPSA) is 50.2 Å². The van der Waals surface area contributed by atoms with E-state index in [0.717, 1.165) is 57.9 Å². The van der Waals surface area contributed by atoms with Gasteiger partial charge in [0.25, 0.3) is 0 Å². The van der Waals surface area contributed by atoms with Crippen LogP contribution < -0.4 is 5.32 Å². The second kappa shape index (κ2) is 10.1. The van der Waals surface area contributed by atoms with Gasteiger partial charge in [0.1, 0.15) is 0 Å². The molecule has 0 saturated carbocycles. The van der Waals surface area contributed by atoms with Crippen LogP contribution in [-0.2, 0) is 48.9 Å². The second-order valence-electron chi connectivity index (χ2n) is 11.8. The number of carbonyl (C=O) groups excluding carboxylic acids is 1. The molecule has 1 aromatic heterocycles. The zero-order valence-electron chi connectivity index (χ0n) is 24.6. The minimum atomic E-state index is -4.37. The summed E-state index contributed by atoms with van der Waals surface area (Å²) in [4.78, 5) is 14.8. The number of alkyl halides is 3. The molecule has 1 amide bonds. The van der Waals surface area contributed by atoms with E-state index >= 15 is 0 Å². The molecule has 0 bridgehead atoms. The van der Waals surface area contributed by atoms with Gasteiger partial charge in [-0.2, -0.15) is 18.3 Å². The first-order valence-electron chi connectivity index (χ1n) is 14.5. The number of amides is 1. The molecule has 0 spiro atoms. The Balaban J connectivity index is 1.51. The smallest absolute Gasteiger partial charge is 0.326 e. The summed E-state index contributed by atoms with van der Waals surface area (Å²) in [7, 11) is 0. The zero-order valence-corrected chi connectivity index (χ0v) is 24.6. The molecule has 2 aliphatic rings. The summed E-state index contributed by atoms with van der Waals surface area (Å²) in [5, 5.41) is 8.33. The summed E-state index contributed by atoms with van der Waals surface area (Å²) in [6.07, 6.45) is -2.37. The van der Waals surface area contributed by atoms with Gasteiger partial charge in [0.15, 0.2) is 0 Å². The molecule has 42 heavy (non-hydrogen) atoms. The lowest BCUT2D eigenvalue weighted by molar-refractivity contribution is -0.137. The molecule has 0 fully saturated rings. The molecule has 1 N–H and O–H groups in total. The maximum Gasteiger partial charge on any atom is 0.416 e. The van der Waals surface area contributed by atoms with Gasteiger partial charge in [-0.15, -0.1) is 0 Å². The van der Waals surface area contributed by atoms with Crippen LogP contribution in [0.15, 0.2) is 54.6 Å². The average Bonchev–Trinajstić information content (AvgIpc) is 3.58. The highest BCUT2D eigenvalue weighted by molar-refractivity contribution is 6.02. The molecule has 0 atom stereocenters. The van der Waals surface area contributed by atoms with Crippen molar-refractivity contribution in [3.8, 4) is 16.9 Å². The summed E-state index contributed by atoms with van der Waals surface area (Å²) in [5.41, 5.74) is 9.64. The van der Waals surface area contributed by atoms with E-state index in [0.29, 0.717) is 25.1 Å². The SMILES string of the molecule is CCc1cccc(CC)c1-n1nc2c(c1-c1cccc3c1CC(=O)N3)CN(Cc1ccc(C(F)(F)F)cc1C)C2(C)C. The number of nitrogens with one attached hydrogen (secondary N) is 1. The van der Waals surface area contributed by atoms with Crippen molar-refractivity contribution in [1.29, 1.82) is 0 Å². The normalized spacial score (nSPS) is 16.0. The monoisotopic (exact) mass is 572 g/mol. The lowest BCUT2D eigenvalue weighted by Crippen LogP contribution is -2.36. The van der Waals surface area contributed by atoms with Gasteiger partial charge >= 0.3 is 6.18 Å². The zero-order chi connectivity index (χ0) is 30.0. The van der Waals surface area contributed by atoms with E-state index in [9.17, 15) is 18.0 Å². The molecule has 4 aromatic rings. The molecule has 3 heterocycles. The quantitative estimate of drug-likeness (QED) is 0.257. The van der Waals surface area contributed by atoms with Gasteiger partial charge in [-0.25, -0.2) is 4.68 Å². The molecular formula is C34H35F3N4O. The minimum absolute atomic E-state index is 0.0249. The molecule has 5 nitrogen and oxygen atoms in total. The molecule has 0 saturated heterocycles. The number of anilines is 1. The van der Waals surface area contributed by atoms with Crippen LogP contribution in [0.25, 0.3) is 16.9 Å². The second-order valence-corrected chi connectivity index (χ2v) is 11.8. The number of halogens is 3. The Kier molecular flexibility index (Phi) is 6.80. The van der Waals surface area contributed by atoms with Crippen LogP contribution in [-0.4, -0.2) is 20.6 Å². The number of hydrogen-bond acceptors (Lipinski definition) is 3. The van der Waals surface area contributed by atoms with Crippen molar-refractivity contribution in [2.75, 3.05) is 5.32 Å². The van der Waals surface area contributed by atoms with Crippen LogP contribution in [0.1, 0.15) is 72.3 Å². The molecule has 6 rings (SSSR count). The summed E-state index contributed by atoms with van der Waals surface area (Å²) in [6, 6.07) is 16.4. The number of para-hydroxylation sites is 1. The summed E-state index contributed by atoms with van der Waals surface area (Å²) < 4.78 is 42.1. The number of fused-ring (bicyclic) bond motifs is 2. The number of hydrogen-bond donors (Lipinski definition) is 1. The predicted octanol–water partition coefficient (Wildman–Crippen LogP) is 7.74. The fourth-order valence-corrected chi connectivity index (χ4v) is 6.54. The summed E-state index contributed by atoms with van der Waals surface area (Å²) in [5.74, 6) is -0.0249. The van der Waals surface area contributed by atoms with E-state index in [-0.39, 0.29) is 5.91 Å². The molecular weight excluding hydrogens is 537 g/mol. The lowest BCUT2D eigenvalue weighted by Gasteiger charge is -2.32. The highest BCUT2D eigenvalue weighted by Gasteiger charge is 2.44. The van der Waals surface area contributed by atoms with Gasteiger partial charge < -0.3 is 5.32 Å². The number of nitrogens with zero attached hydrogens (tertiary/aromatic N) is 3. The largest absolute Gasteiger partial charge is 0.416 e. The van der Waals surface area contributed by atoms with Gasteiger partial charge in [0, 0.05) is 29.9 Å². The fraction of sp³-hybridized carbons (Fsp3) is 0.353. The van der Waals surface area contributed by atoms with Crippen LogP contribution >= 0.6 is 0 Å². The highest BCUT2D eigenvalue weighted by Crippen LogP contribution is 2.47. The van der Waals surface area contributed by atoms with Crippen molar-refractivity contribution in [2.45, 2.75) is 78.7 Å². The van der Waals surface area contributed by atoms with E-state index in [4.69, 9.17) is 5.10 Å². The highest BCUT2D eigenvalue weighted by atomic mass is 19.4. The van der Waals surface area contributed by atoms with Gasteiger partial charge in [0.05, 0.1) is 34.6 Å². The summed E-state index contributed by atoms with van der Waals surface area (Å²) in [6.45, 7) is 11.4. The number of aromatic nitrogens is 2. The Morgan fingerprint density at radius 1 is 0.952 bits per heavy atom. The third-order valence-corrected chi connectivity index (χ3v) is 8.95. The van der Waals surface area contributed by atoms with Crippen molar-refractivity contribution in [1.82, 2.24) is 14.7 Å². The molecule has 0 unspecified atom stereocenters. The van der Waals surface area contributed by atoms with Crippen LogP contribution in [0.3, 0.4) is 0 Å². The van der Waals surface area contributed by atoms with Crippen LogP contribution in [0.4, 0.5) is 18.9 Å². The fourth-order valence-electron chi connectivity index (χ4n) is 6.54. The number of carbonyl (C=O) groups is 1. The third-order valence-electron chi connectivity index (χ3n) is 8.95. The van der Waals surface area contributed by atoms with Gasteiger partial charge in [0.2, 0.25) is 5.91 Å². The standard InChI is InChI=1S/C34H35F3N4O/c1-6-21-10-8-11-22(7-2)30(21)41-31(25-12-9-13-28-26(25)17-29(42)38-28)27-19-40(33(4,5)32(27)39-41)18-23-14-15-24(16-20(23)3)34(35,36)37/h8-16H,6-7,17-19H2,1-5H3,(H,38,42). The first-order chi connectivity index (χ1) is 19.9. The van der Waals surface area contributed by atoms with Gasteiger partial charge in [-0.3, -0.25) is 9.69 Å². The predicted molar refractivity (Wildman–Crippen MR) is 159 cm³/mol. The van der Waals surface area contributed by atoms with Crippen LogP contribution in [0.2, 0.25) is 0 Å². The van der Waals surface area contributed by atoms with Gasteiger partial charge in [-0.05, 0) is 79.6 Å². The van der Waals surface area contributed by atoms with Crippen LogP contribution in [0.5, 0.6) is 0 Å². The molecule has 0 radical (unpaired) electrons. The Labute approximate surface area is 244 Å². The van der Waals surface area contributed by atoms with Crippen molar-refractivity contribution in [3.05, 3.63) is 99.2 Å². The summed E-state index contributed by atoms with van der Waals surface area (Å²) >= 11 is 0. The van der Waals surface area contributed by atoms with Crippen molar-refractivity contribution in [2.24, 2.45) is 0 Å². The number of benzene rings is 3. The van der Waals surface area contributed by atoms with Crippen molar-refractivity contribution in [3.63, 3.8) is 0 Å². The van der Waals surface area contributed by atoms with Crippen molar-refractivity contribution >= 4 is 11.6 Å². The Hall–Kier alpha value is -3.91. The minimum Gasteiger partial charge on any atom is -0.326 e. The molecule has 2 aliphatic heterocycles. The Morgan fingerprint density at radius 3 is 2.29 bits per heavy atom. The lowest BCUT2D eigenvalue weighted by atomic mass is 9.95. The van der Waals surface area contributed by atoms with Gasteiger partial charge in [-0.1, -0.05) is 50.2 Å². The van der Waals surface area contributed by atoms with E-state index in [1.807, 2.05) is 12.1 Å². The number of aryl methyl sites for hydroxylation is 3. The molecule has 8 heteroatoms. The maximum absolute atomic E-state index is 13.3. The first-order valence-corrected chi connectivity index (χ1v) is 14.5. The van der Waals surface area contributed by atoms with E-state index in [1.54, 1.807) is 13.0 Å². The molecule has 218 valence electrons. The average molecular weight is 573 g/mol. The van der Waals surface area contributed by atoms with E-state index in [2.05, 4.69) is 66.9 Å². The molecule has 0 aliphatic carbocycles. The maximum atomic E-state index is 13.3. The Morgan fingerprint density at radius 2 is 1.64 bits per heavy atom. The van der Waals surface area contributed by atoms with Crippen molar-refractivity contribution < 1.29 is 18.0 Å². The van der Waals surface area contributed by atoms with E-state index < -0.39 is 17.3 Å². The molecule has 3 aromatic carbocycles. The van der Waals surface area contributed by atoms with Crippen LogP contribution in [0, 0.1) is 6.92 Å². The number of rotatable bonds is 6. The third kappa shape index (κ3) is 4.53. The van der Waals surface area contributed by atoms with E-state index in [1.165, 1.54) is 23.3 Å². The first kappa shape index (κ1) is 28.2.